The maximum Gasteiger partial charge on any atom is 0.228 e. The minimum absolute atomic E-state index is 0. The van der Waals surface area contributed by atoms with Crippen LogP contribution in [0.4, 0.5) is 5.13 Å². The van der Waals surface area contributed by atoms with Gasteiger partial charge in [0, 0.05) is 42.5 Å². The lowest BCUT2D eigenvalue weighted by Gasteiger charge is -2.27. The van der Waals surface area contributed by atoms with Crippen LogP contribution in [0.5, 0.6) is 5.75 Å². The third-order valence-corrected chi connectivity index (χ3v) is 8.59. The highest BCUT2D eigenvalue weighted by Crippen LogP contribution is 2.36. The molecule has 6 nitrogen and oxygen atoms in total. The molecule has 2 aromatic carbocycles. The van der Waals surface area contributed by atoms with Gasteiger partial charge in [0.2, 0.25) is 5.91 Å². The molecule has 1 saturated heterocycles. The lowest BCUT2D eigenvalue weighted by Crippen LogP contribution is -2.39. The van der Waals surface area contributed by atoms with Crippen molar-refractivity contribution in [3.8, 4) is 5.75 Å². The highest BCUT2D eigenvalue weighted by Gasteiger charge is 2.22. The van der Waals surface area contributed by atoms with Crippen LogP contribution in [0.1, 0.15) is 24.8 Å². The largest absolute Gasteiger partial charge is 0.494 e. The number of halogens is 2. The van der Waals surface area contributed by atoms with Gasteiger partial charge in [-0.1, -0.05) is 29.0 Å². The molecule has 0 unspecified atom stereocenters. The van der Waals surface area contributed by atoms with Crippen molar-refractivity contribution in [2.75, 3.05) is 57.2 Å². The van der Waals surface area contributed by atoms with Crippen LogP contribution in [-0.4, -0.2) is 68.0 Å². The molecule has 4 rings (SSSR count). The molecule has 10 heteroatoms. The van der Waals surface area contributed by atoms with Gasteiger partial charge in [-0.15, -0.1) is 24.2 Å². The summed E-state index contributed by atoms with van der Waals surface area (Å²) in [6.45, 7) is 7.15. The van der Waals surface area contributed by atoms with Crippen molar-refractivity contribution >= 4 is 68.4 Å². The number of thiazole rings is 1. The van der Waals surface area contributed by atoms with Gasteiger partial charge in [-0.25, -0.2) is 4.98 Å². The summed E-state index contributed by atoms with van der Waals surface area (Å²) in [5.41, 5.74) is 1.97. The van der Waals surface area contributed by atoms with Crippen LogP contribution in [0.3, 0.4) is 0 Å². The standard InChI is InChI=1S/C26H32ClN3O3S2.ClH/c1-19-6-11-22(32-2)24-25(19)35-26(28-24)30(13-4-12-29-14-16-33-17-15-29)23(31)5-3-18-34-21-9-7-20(27)8-10-21;/h6-11H,3-5,12-18H2,1-2H3;1H. The minimum Gasteiger partial charge on any atom is -0.494 e. The van der Waals surface area contributed by atoms with Gasteiger partial charge >= 0.3 is 0 Å². The fraction of sp³-hybridized carbons (Fsp3) is 0.462. The zero-order valence-electron chi connectivity index (χ0n) is 20.7. The van der Waals surface area contributed by atoms with Gasteiger partial charge in [0.25, 0.3) is 0 Å². The Hall–Kier alpha value is -1.55. The Balaban J connectivity index is 0.00000361. The summed E-state index contributed by atoms with van der Waals surface area (Å²) in [4.78, 5) is 23.7. The molecule has 0 bridgehead atoms. The fourth-order valence-corrected chi connectivity index (χ4v) is 6.14. The number of hydrogen-bond donors (Lipinski definition) is 0. The number of hydrogen-bond acceptors (Lipinski definition) is 7. The van der Waals surface area contributed by atoms with Gasteiger partial charge in [-0.3, -0.25) is 14.6 Å². The van der Waals surface area contributed by atoms with Crippen molar-refractivity contribution in [3.05, 3.63) is 47.0 Å². The number of anilines is 1. The molecule has 0 saturated carbocycles. The van der Waals surface area contributed by atoms with E-state index in [2.05, 4.69) is 11.8 Å². The smallest absolute Gasteiger partial charge is 0.228 e. The Kier molecular flexibility index (Phi) is 11.6. The molecule has 0 radical (unpaired) electrons. The summed E-state index contributed by atoms with van der Waals surface area (Å²) in [5.74, 6) is 1.74. The zero-order chi connectivity index (χ0) is 24.6. The van der Waals surface area contributed by atoms with Crippen molar-refractivity contribution in [3.63, 3.8) is 0 Å². The van der Waals surface area contributed by atoms with Crippen LogP contribution in [-0.2, 0) is 9.53 Å². The predicted molar refractivity (Wildman–Crippen MR) is 154 cm³/mol. The van der Waals surface area contributed by atoms with Gasteiger partial charge in [-0.2, -0.15) is 0 Å². The maximum absolute atomic E-state index is 13.4. The van der Waals surface area contributed by atoms with E-state index in [1.54, 1.807) is 30.2 Å². The first-order chi connectivity index (χ1) is 17.0. The Morgan fingerprint density at radius 2 is 1.94 bits per heavy atom. The number of methoxy groups -OCH3 is 1. The molecule has 1 aliphatic heterocycles. The van der Waals surface area contributed by atoms with Crippen molar-refractivity contribution in [2.45, 2.75) is 31.1 Å². The molecule has 1 aromatic heterocycles. The van der Waals surface area contributed by atoms with E-state index in [4.69, 9.17) is 26.1 Å². The summed E-state index contributed by atoms with van der Waals surface area (Å²) in [5, 5.41) is 1.49. The van der Waals surface area contributed by atoms with E-state index in [0.717, 1.165) is 88.0 Å². The van der Waals surface area contributed by atoms with Crippen LogP contribution >= 0.6 is 47.1 Å². The highest BCUT2D eigenvalue weighted by atomic mass is 35.5. The van der Waals surface area contributed by atoms with Crippen molar-refractivity contribution in [1.29, 1.82) is 0 Å². The Labute approximate surface area is 232 Å². The van der Waals surface area contributed by atoms with E-state index in [1.165, 1.54) is 0 Å². The first-order valence-corrected chi connectivity index (χ1v) is 14.2. The number of aromatic nitrogens is 1. The Morgan fingerprint density at radius 3 is 2.67 bits per heavy atom. The van der Waals surface area contributed by atoms with Gasteiger partial charge < -0.3 is 9.47 Å². The molecule has 1 fully saturated rings. The van der Waals surface area contributed by atoms with Crippen molar-refractivity contribution < 1.29 is 14.3 Å². The molecule has 0 N–H and O–H groups in total. The number of fused-ring (bicyclic) bond motifs is 1. The van der Waals surface area contributed by atoms with Gasteiger partial charge in [0.1, 0.15) is 11.3 Å². The molecule has 0 aliphatic carbocycles. The topological polar surface area (TPSA) is 54.9 Å². The molecular weight excluding hydrogens is 537 g/mol. The molecule has 1 aliphatic rings. The number of benzene rings is 2. The van der Waals surface area contributed by atoms with Crippen LogP contribution in [0.15, 0.2) is 41.3 Å². The molecule has 3 aromatic rings. The quantitative estimate of drug-likeness (QED) is 0.199. The van der Waals surface area contributed by atoms with Gasteiger partial charge in [0.05, 0.1) is 25.0 Å². The molecule has 0 atom stereocenters. The third-order valence-electron chi connectivity index (χ3n) is 6.02. The zero-order valence-corrected chi connectivity index (χ0v) is 23.9. The number of morpholine rings is 1. The summed E-state index contributed by atoms with van der Waals surface area (Å²) in [7, 11) is 1.66. The number of nitrogens with zero attached hydrogens (tertiary/aromatic N) is 3. The van der Waals surface area contributed by atoms with E-state index in [1.807, 2.05) is 41.3 Å². The number of carbonyl (C=O) groups excluding carboxylic acids is 1. The van der Waals surface area contributed by atoms with Crippen LogP contribution in [0.2, 0.25) is 5.02 Å². The van der Waals surface area contributed by atoms with Crippen LogP contribution in [0.25, 0.3) is 10.2 Å². The predicted octanol–water partition coefficient (Wildman–Crippen LogP) is 6.32. The first kappa shape index (κ1) is 29.0. The molecular formula is C26H33Cl2N3O3S2. The Morgan fingerprint density at radius 1 is 1.19 bits per heavy atom. The number of thioether (sulfide) groups is 1. The monoisotopic (exact) mass is 569 g/mol. The van der Waals surface area contributed by atoms with E-state index in [-0.39, 0.29) is 18.3 Å². The third kappa shape index (κ3) is 7.73. The van der Waals surface area contributed by atoms with Crippen LogP contribution < -0.4 is 9.64 Å². The lowest BCUT2D eigenvalue weighted by molar-refractivity contribution is -0.118. The number of rotatable bonds is 11. The molecule has 1 amide bonds. The molecule has 2 heterocycles. The number of carbonyl (C=O) groups is 1. The van der Waals surface area contributed by atoms with Crippen LogP contribution in [0, 0.1) is 6.92 Å². The number of aryl methyl sites for hydroxylation is 1. The molecule has 36 heavy (non-hydrogen) atoms. The van der Waals surface area contributed by atoms with E-state index < -0.39 is 0 Å². The minimum atomic E-state index is 0. The second kappa shape index (κ2) is 14.4. The average molecular weight is 571 g/mol. The number of amides is 1. The fourth-order valence-electron chi connectivity index (χ4n) is 4.06. The van der Waals surface area contributed by atoms with Gasteiger partial charge in [-0.05, 0) is 61.4 Å². The first-order valence-electron chi connectivity index (χ1n) is 12.0. The Bertz CT molecular complexity index is 1120. The summed E-state index contributed by atoms with van der Waals surface area (Å²) in [6.07, 6.45) is 2.20. The van der Waals surface area contributed by atoms with E-state index >= 15 is 0 Å². The lowest BCUT2D eigenvalue weighted by atomic mass is 10.2. The second-order valence-electron chi connectivity index (χ2n) is 8.52. The normalized spacial score (nSPS) is 14.0. The highest BCUT2D eigenvalue weighted by molar-refractivity contribution is 7.99. The summed E-state index contributed by atoms with van der Waals surface area (Å²) >= 11 is 9.30. The second-order valence-corrected chi connectivity index (χ2v) is 11.1. The van der Waals surface area contributed by atoms with E-state index in [0.29, 0.717) is 13.0 Å². The van der Waals surface area contributed by atoms with E-state index in [9.17, 15) is 4.79 Å². The van der Waals surface area contributed by atoms with Crippen molar-refractivity contribution in [1.82, 2.24) is 9.88 Å². The molecule has 196 valence electrons. The summed E-state index contributed by atoms with van der Waals surface area (Å²) < 4.78 is 12.1. The SMILES string of the molecule is COc1ccc(C)c2sc(N(CCCN3CCOCC3)C(=O)CCCSc3ccc(Cl)cc3)nc12.Cl. The number of ether oxygens (including phenoxy) is 2. The maximum atomic E-state index is 13.4. The summed E-state index contributed by atoms with van der Waals surface area (Å²) in [6, 6.07) is 11.8. The van der Waals surface area contributed by atoms with Gasteiger partial charge in [0.15, 0.2) is 5.13 Å². The molecule has 0 spiro atoms. The van der Waals surface area contributed by atoms with Crippen molar-refractivity contribution in [2.24, 2.45) is 0 Å². The average Bonchev–Trinajstić information content (AvgIpc) is 3.32.